The Balaban J connectivity index is 5.46. The topological polar surface area (TPSA) is 107 Å². The summed E-state index contributed by atoms with van der Waals surface area (Å²) in [5, 5.41) is 0. The van der Waals surface area contributed by atoms with Crippen molar-refractivity contribution in [2.45, 2.75) is 45.2 Å². The zero-order chi connectivity index (χ0) is 18.7. The van der Waals surface area contributed by atoms with Gasteiger partial charge in [0.15, 0.2) is 12.2 Å². The van der Waals surface area contributed by atoms with Crippen molar-refractivity contribution in [1.29, 1.82) is 0 Å². The van der Waals surface area contributed by atoms with E-state index < -0.39 is 42.3 Å². The number of carbonyl (C=O) groups excluding carboxylic acids is 3. The van der Waals surface area contributed by atoms with E-state index in [1.54, 1.807) is 0 Å². The van der Waals surface area contributed by atoms with E-state index >= 15 is 0 Å². The second kappa shape index (κ2) is 11.8. The first-order valence-electron chi connectivity index (χ1n) is 7.29. The Bertz CT molecular complexity index is 410. The van der Waals surface area contributed by atoms with E-state index in [1.165, 1.54) is 42.1 Å². The molecular formula is C15H26O9. The highest BCUT2D eigenvalue weighted by molar-refractivity contribution is 5.67. The monoisotopic (exact) mass is 350 g/mol. The Hall–Kier alpha value is -1.71. The van der Waals surface area contributed by atoms with Gasteiger partial charge < -0.3 is 28.4 Å². The van der Waals surface area contributed by atoms with E-state index in [2.05, 4.69) is 0 Å². The Morgan fingerprint density at radius 2 is 1.29 bits per heavy atom. The number of hydrogen-bond donors (Lipinski definition) is 0. The predicted molar refractivity (Wildman–Crippen MR) is 81.2 cm³/mol. The number of esters is 3. The van der Waals surface area contributed by atoms with Crippen LogP contribution in [0.5, 0.6) is 0 Å². The summed E-state index contributed by atoms with van der Waals surface area (Å²) >= 11 is 0. The van der Waals surface area contributed by atoms with Crippen LogP contribution < -0.4 is 0 Å². The summed E-state index contributed by atoms with van der Waals surface area (Å²) in [6.45, 7) is 3.54. The van der Waals surface area contributed by atoms with Crippen LogP contribution in [0, 0.1) is 0 Å². The van der Waals surface area contributed by atoms with Crippen LogP contribution in [0.25, 0.3) is 0 Å². The van der Waals surface area contributed by atoms with E-state index in [4.69, 9.17) is 28.4 Å². The molecule has 0 fully saturated rings. The summed E-state index contributed by atoms with van der Waals surface area (Å²) in [5.41, 5.74) is 0. The number of ether oxygens (including phenoxy) is 6. The van der Waals surface area contributed by atoms with E-state index in [0.717, 1.165) is 0 Å². The minimum atomic E-state index is -1.02. The third-order valence-electron chi connectivity index (χ3n) is 3.03. The summed E-state index contributed by atoms with van der Waals surface area (Å²) in [5.74, 6) is -1.67. The first-order valence-corrected chi connectivity index (χ1v) is 7.29. The van der Waals surface area contributed by atoms with Crippen LogP contribution in [0.1, 0.15) is 20.8 Å². The molecule has 0 saturated carbocycles. The van der Waals surface area contributed by atoms with Crippen molar-refractivity contribution < 1.29 is 42.8 Å². The molecule has 0 aliphatic heterocycles. The molecule has 0 aromatic carbocycles. The van der Waals surface area contributed by atoms with E-state index in [-0.39, 0.29) is 13.2 Å². The van der Waals surface area contributed by atoms with Gasteiger partial charge in [0.05, 0.1) is 6.61 Å². The number of rotatable bonds is 11. The molecule has 0 aromatic heterocycles. The summed E-state index contributed by atoms with van der Waals surface area (Å²) in [6.07, 6.45) is -3.55. The van der Waals surface area contributed by atoms with Gasteiger partial charge in [0, 0.05) is 42.1 Å². The molecule has 0 aromatic rings. The molecule has 0 N–H and O–H groups in total. The van der Waals surface area contributed by atoms with Crippen molar-refractivity contribution in [2.75, 3.05) is 34.5 Å². The van der Waals surface area contributed by atoms with Crippen molar-refractivity contribution in [2.24, 2.45) is 0 Å². The lowest BCUT2D eigenvalue weighted by molar-refractivity contribution is -0.196. The van der Waals surface area contributed by atoms with Crippen molar-refractivity contribution in [3.05, 3.63) is 0 Å². The largest absolute Gasteiger partial charge is 0.463 e. The molecule has 4 atom stereocenters. The highest BCUT2D eigenvalue weighted by Crippen LogP contribution is 2.18. The second-order valence-corrected chi connectivity index (χ2v) is 4.95. The van der Waals surface area contributed by atoms with Gasteiger partial charge in [0.1, 0.15) is 18.8 Å². The van der Waals surface area contributed by atoms with E-state index in [9.17, 15) is 14.4 Å². The fourth-order valence-corrected chi connectivity index (χ4v) is 2.11. The zero-order valence-corrected chi connectivity index (χ0v) is 14.9. The van der Waals surface area contributed by atoms with Crippen molar-refractivity contribution in [3.63, 3.8) is 0 Å². The van der Waals surface area contributed by atoms with Crippen LogP contribution in [0.4, 0.5) is 0 Å². The molecule has 140 valence electrons. The first kappa shape index (κ1) is 22.3. The Morgan fingerprint density at radius 3 is 1.67 bits per heavy atom. The van der Waals surface area contributed by atoms with Gasteiger partial charge >= 0.3 is 17.9 Å². The lowest BCUT2D eigenvalue weighted by Gasteiger charge is -2.34. The number of methoxy groups -OCH3 is 3. The summed E-state index contributed by atoms with van der Waals surface area (Å²) < 4.78 is 31.0. The molecule has 0 amide bonds. The lowest BCUT2D eigenvalue weighted by Crippen LogP contribution is -2.52. The van der Waals surface area contributed by atoms with Gasteiger partial charge in [-0.05, 0) is 0 Å². The van der Waals surface area contributed by atoms with Gasteiger partial charge in [-0.3, -0.25) is 14.4 Å². The smallest absolute Gasteiger partial charge is 0.303 e. The maximum atomic E-state index is 11.5. The van der Waals surface area contributed by atoms with Crippen LogP contribution in [0.15, 0.2) is 0 Å². The minimum Gasteiger partial charge on any atom is -0.463 e. The third kappa shape index (κ3) is 8.23. The molecular weight excluding hydrogens is 324 g/mol. The van der Waals surface area contributed by atoms with Crippen molar-refractivity contribution >= 4 is 17.9 Å². The molecule has 0 radical (unpaired) electrons. The van der Waals surface area contributed by atoms with Gasteiger partial charge in [0.2, 0.25) is 0 Å². The Labute approximate surface area is 141 Å². The van der Waals surface area contributed by atoms with Gasteiger partial charge in [-0.15, -0.1) is 0 Å². The second-order valence-electron chi connectivity index (χ2n) is 4.95. The molecule has 0 heterocycles. The van der Waals surface area contributed by atoms with Crippen molar-refractivity contribution in [3.8, 4) is 0 Å². The number of carbonyl (C=O) groups is 3. The highest BCUT2D eigenvalue weighted by atomic mass is 16.6. The summed E-state index contributed by atoms with van der Waals surface area (Å²) in [4.78, 5) is 33.8. The molecule has 0 saturated heterocycles. The van der Waals surface area contributed by atoms with Gasteiger partial charge in [0.25, 0.3) is 0 Å². The molecule has 9 heteroatoms. The molecule has 0 spiro atoms. The third-order valence-corrected chi connectivity index (χ3v) is 3.03. The molecule has 0 rings (SSSR count). The van der Waals surface area contributed by atoms with Crippen LogP contribution in [-0.2, 0) is 42.8 Å². The lowest BCUT2D eigenvalue weighted by atomic mass is 10.0. The highest BCUT2D eigenvalue weighted by Gasteiger charge is 2.40. The molecule has 0 aliphatic carbocycles. The Kier molecular flexibility index (Phi) is 10.9. The van der Waals surface area contributed by atoms with E-state index in [1.807, 2.05) is 0 Å². The summed E-state index contributed by atoms with van der Waals surface area (Å²) in [6, 6.07) is 0. The van der Waals surface area contributed by atoms with E-state index in [0.29, 0.717) is 0 Å². The molecule has 4 unspecified atom stereocenters. The fourth-order valence-electron chi connectivity index (χ4n) is 2.11. The van der Waals surface area contributed by atoms with Crippen molar-refractivity contribution in [1.82, 2.24) is 0 Å². The van der Waals surface area contributed by atoms with Gasteiger partial charge in [-0.25, -0.2) is 0 Å². The Morgan fingerprint density at radius 1 is 0.708 bits per heavy atom. The quantitative estimate of drug-likeness (QED) is 0.378. The normalized spacial score (nSPS) is 15.8. The van der Waals surface area contributed by atoms with Gasteiger partial charge in [-0.1, -0.05) is 0 Å². The average Bonchev–Trinajstić information content (AvgIpc) is 2.48. The maximum absolute atomic E-state index is 11.5. The van der Waals surface area contributed by atoms with Crippen LogP contribution in [-0.4, -0.2) is 76.9 Å². The van der Waals surface area contributed by atoms with Crippen LogP contribution in [0.3, 0.4) is 0 Å². The standard InChI is InChI=1S/C15H26O9/c1-9(16)22-8-12(20-5)14(21-6)15(24-11(3)18)13(7-19-4)23-10(2)17/h12-15H,7-8H2,1-6H3. The predicted octanol–water partition coefficient (Wildman–Crippen LogP) is 0.0893. The SMILES string of the molecule is COCC(OC(C)=O)C(OC(C)=O)C(OC)C(COC(C)=O)OC. The van der Waals surface area contributed by atoms with Crippen LogP contribution >= 0.6 is 0 Å². The summed E-state index contributed by atoms with van der Waals surface area (Å²) in [7, 11) is 4.18. The molecule has 9 nitrogen and oxygen atoms in total. The molecule has 24 heavy (non-hydrogen) atoms. The molecule has 0 bridgehead atoms. The average molecular weight is 350 g/mol. The zero-order valence-electron chi connectivity index (χ0n) is 14.9. The maximum Gasteiger partial charge on any atom is 0.303 e. The fraction of sp³-hybridized carbons (Fsp3) is 0.800. The van der Waals surface area contributed by atoms with Crippen LogP contribution in [0.2, 0.25) is 0 Å². The first-order chi connectivity index (χ1) is 11.3. The number of hydrogen-bond acceptors (Lipinski definition) is 9. The molecule has 0 aliphatic rings. The van der Waals surface area contributed by atoms with Gasteiger partial charge in [-0.2, -0.15) is 0 Å². The minimum absolute atomic E-state index is 0.0264.